The van der Waals surface area contributed by atoms with Crippen LogP contribution in [0, 0.1) is 0 Å². The molecular weight excluding hydrogens is 269 g/mol. The minimum absolute atomic E-state index is 0.0339. The smallest absolute Gasteiger partial charge is 0.314 e. The second-order valence-corrected chi connectivity index (χ2v) is 4.94. The highest BCUT2D eigenvalue weighted by Crippen LogP contribution is 2.29. The summed E-state index contributed by atoms with van der Waals surface area (Å²) in [7, 11) is 0. The van der Waals surface area contributed by atoms with E-state index in [2.05, 4.69) is 10.2 Å². The Hall–Kier alpha value is -1.40. The van der Waals surface area contributed by atoms with Gasteiger partial charge in [-0.15, -0.1) is 0 Å². The van der Waals surface area contributed by atoms with Crippen LogP contribution in [-0.4, -0.2) is 43.4 Å². The van der Waals surface area contributed by atoms with Crippen LogP contribution < -0.4 is 5.32 Å². The highest BCUT2D eigenvalue weighted by molar-refractivity contribution is 5.82. The third kappa shape index (κ3) is 4.31. The van der Waals surface area contributed by atoms with Crippen molar-refractivity contribution in [1.82, 2.24) is 10.2 Å². The largest absolute Gasteiger partial charge is 0.416 e. The third-order valence-corrected chi connectivity index (χ3v) is 3.29. The molecule has 6 heteroatoms. The maximum absolute atomic E-state index is 12.4. The van der Waals surface area contributed by atoms with Crippen LogP contribution in [0.5, 0.6) is 0 Å². The predicted octanol–water partition coefficient (Wildman–Crippen LogP) is 1.72. The van der Waals surface area contributed by atoms with Crippen LogP contribution in [0.25, 0.3) is 0 Å². The van der Waals surface area contributed by atoms with Crippen LogP contribution in [0.1, 0.15) is 11.1 Å². The molecule has 110 valence electrons. The van der Waals surface area contributed by atoms with Crippen LogP contribution in [0.2, 0.25) is 0 Å². The molecule has 1 aromatic rings. The Morgan fingerprint density at radius 1 is 1.15 bits per heavy atom. The summed E-state index contributed by atoms with van der Waals surface area (Å²) in [4.78, 5) is 13.9. The number of benzene rings is 1. The first-order valence-corrected chi connectivity index (χ1v) is 6.56. The third-order valence-electron chi connectivity index (χ3n) is 3.29. The fraction of sp³-hybridized carbons (Fsp3) is 0.500. The Labute approximate surface area is 115 Å². The lowest BCUT2D eigenvalue weighted by Crippen LogP contribution is -2.45. The number of alkyl halides is 3. The molecule has 0 unspecified atom stereocenters. The second kappa shape index (κ2) is 6.37. The summed E-state index contributed by atoms with van der Waals surface area (Å²) >= 11 is 0. The van der Waals surface area contributed by atoms with E-state index in [1.54, 1.807) is 0 Å². The summed E-state index contributed by atoms with van der Waals surface area (Å²) in [6.45, 7) is 3.77. The quantitative estimate of drug-likeness (QED) is 0.915. The number of hydrogen-bond donors (Lipinski definition) is 1. The van der Waals surface area contributed by atoms with Gasteiger partial charge in [-0.2, -0.15) is 13.2 Å². The number of halogens is 3. The Morgan fingerprint density at radius 3 is 2.30 bits per heavy atom. The number of ketones is 1. The zero-order valence-electron chi connectivity index (χ0n) is 11.0. The number of carbonyl (C=O) groups excluding carboxylic acids is 1. The van der Waals surface area contributed by atoms with Crippen molar-refractivity contribution in [2.24, 2.45) is 0 Å². The number of Topliss-reactive ketones (excluding diaryl/α,β-unsaturated/α-hetero) is 1. The SMILES string of the molecule is O=C(Cc1ccc(C(F)(F)F)cc1)CN1CCNCC1. The summed E-state index contributed by atoms with van der Waals surface area (Å²) in [5.41, 5.74) is -0.0612. The van der Waals surface area contributed by atoms with Gasteiger partial charge in [-0.25, -0.2) is 0 Å². The van der Waals surface area contributed by atoms with E-state index in [1.165, 1.54) is 12.1 Å². The molecule has 1 aliphatic rings. The van der Waals surface area contributed by atoms with Gasteiger partial charge in [-0.1, -0.05) is 12.1 Å². The first-order valence-electron chi connectivity index (χ1n) is 6.56. The number of nitrogens with one attached hydrogen (secondary N) is 1. The van der Waals surface area contributed by atoms with Crippen molar-refractivity contribution >= 4 is 5.78 Å². The van der Waals surface area contributed by atoms with E-state index >= 15 is 0 Å². The zero-order chi connectivity index (χ0) is 14.6. The van der Waals surface area contributed by atoms with Crippen molar-refractivity contribution in [3.63, 3.8) is 0 Å². The number of nitrogens with zero attached hydrogens (tertiary/aromatic N) is 1. The van der Waals surface area contributed by atoms with Gasteiger partial charge in [0.15, 0.2) is 5.78 Å². The first-order chi connectivity index (χ1) is 9.45. The average molecular weight is 286 g/mol. The van der Waals surface area contributed by atoms with Crippen molar-refractivity contribution in [3.05, 3.63) is 35.4 Å². The normalized spacial score (nSPS) is 17.1. The van der Waals surface area contributed by atoms with Gasteiger partial charge in [0, 0.05) is 32.6 Å². The van der Waals surface area contributed by atoms with Crippen LogP contribution in [-0.2, 0) is 17.4 Å². The Balaban J connectivity index is 1.87. The molecule has 0 atom stereocenters. The second-order valence-electron chi connectivity index (χ2n) is 4.94. The van der Waals surface area contributed by atoms with Crippen LogP contribution in [0.15, 0.2) is 24.3 Å². The number of carbonyl (C=O) groups is 1. The fourth-order valence-corrected chi connectivity index (χ4v) is 2.21. The van der Waals surface area contributed by atoms with Gasteiger partial charge < -0.3 is 5.32 Å². The van der Waals surface area contributed by atoms with Gasteiger partial charge in [-0.05, 0) is 17.7 Å². The minimum Gasteiger partial charge on any atom is -0.314 e. The minimum atomic E-state index is -4.33. The zero-order valence-corrected chi connectivity index (χ0v) is 11.0. The van der Waals surface area contributed by atoms with E-state index in [0.717, 1.165) is 38.3 Å². The number of rotatable bonds is 4. The molecule has 3 nitrogen and oxygen atoms in total. The monoisotopic (exact) mass is 286 g/mol. The van der Waals surface area contributed by atoms with E-state index in [9.17, 15) is 18.0 Å². The summed E-state index contributed by atoms with van der Waals surface area (Å²) in [5, 5.41) is 3.20. The molecule has 1 aromatic carbocycles. The van der Waals surface area contributed by atoms with Crippen LogP contribution >= 0.6 is 0 Å². The van der Waals surface area contributed by atoms with Gasteiger partial charge in [0.25, 0.3) is 0 Å². The Morgan fingerprint density at radius 2 is 1.75 bits per heavy atom. The van der Waals surface area contributed by atoms with Crippen molar-refractivity contribution in [2.45, 2.75) is 12.6 Å². The molecule has 2 rings (SSSR count). The topological polar surface area (TPSA) is 32.3 Å². The molecule has 1 N–H and O–H groups in total. The van der Waals surface area contributed by atoms with E-state index in [4.69, 9.17) is 0 Å². The van der Waals surface area contributed by atoms with E-state index in [1.807, 2.05) is 0 Å². The standard InChI is InChI=1S/C14H17F3N2O/c15-14(16,17)12-3-1-11(2-4-12)9-13(20)10-19-7-5-18-6-8-19/h1-4,18H,5-10H2. The van der Waals surface area contributed by atoms with Crippen molar-refractivity contribution in [2.75, 3.05) is 32.7 Å². The molecule has 0 radical (unpaired) electrons. The van der Waals surface area contributed by atoms with Crippen molar-refractivity contribution in [3.8, 4) is 0 Å². The van der Waals surface area contributed by atoms with Crippen LogP contribution in [0.3, 0.4) is 0 Å². The average Bonchev–Trinajstić information content (AvgIpc) is 2.39. The van der Waals surface area contributed by atoms with E-state index in [-0.39, 0.29) is 12.2 Å². The molecule has 1 heterocycles. The van der Waals surface area contributed by atoms with E-state index < -0.39 is 11.7 Å². The Kier molecular flexibility index (Phi) is 4.77. The predicted molar refractivity (Wildman–Crippen MR) is 69.5 cm³/mol. The van der Waals surface area contributed by atoms with Gasteiger partial charge in [-0.3, -0.25) is 9.69 Å². The molecule has 0 bridgehead atoms. The number of piperazine rings is 1. The van der Waals surface area contributed by atoms with Gasteiger partial charge in [0.05, 0.1) is 12.1 Å². The van der Waals surface area contributed by atoms with Crippen molar-refractivity contribution < 1.29 is 18.0 Å². The molecule has 1 fully saturated rings. The maximum Gasteiger partial charge on any atom is 0.416 e. The fourth-order valence-electron chi connectivity index (χ4n) is 2.21. The molecule has 20 heavy (non-hydrogen) atoms. The van der Waals surface area contributed by atoms with Gasteiger partial charge in [0.2, 0.25) is 0 Å². The highest BCUT2D eigenvalue weighted by atomic mass is 19.4. The molecule has 0 aliphatic carbocycles. The van der Waals surface area contributed by atoms with Gasteiger partial charge >= 0.3 is 6.18 Å². The van der Waals surface area contributed by atoms with Crippen molar-refractivity contribution in [1.29, 1.82) is 0 Å². The summed E-state index contributed by atoms with van der Waals surface area (Å²) in [6, 6.07) is 4.79. The summed E-state index contributed by atoms with van der Waals surface area (Å²) in [5.74, 6) is 0.0339. The van der Waals surface area contributed by atoms with E-state index in [0.29, 0.717) is 12.1 Å². The summed E-state index contributed by atoms with van der Waals surface area (Å²) in [6.07, 6.45) is -4.15. The molecule has 1 saturated heterocycles. The lowest BCUT2D eigenvalue weighted by atomic mass is 10.1. The molecule has 0 saturated carbocycles. The lowest BCUT2D eigenvalue weighted by Gasteiger charge is -2.26. The van der Waals surface area contributed by atoms with Crippen LogP contribution in [0.4, 0.5) is 13.2 Å². The lowest BCUT2D eigenvalue weighted by molar-refractivity contribution is -0.137. The van der Waals surface area contributed by atoms with Gasteiger partial charge in [0.1, 0.15) is 0 Å². The highest BCUT2D eigenvalue weighted by Gasteiger charge is 2.29. The maximum atomic E-state index is 12.4. The molecule has 1 aliphatic heterocycles. The molecule has 0 amide bonds. The molecule has 0 aromatic heterocycles. The molecular formula is C14H17F3N2O. The summed E-state index contributed by atoms with van der Waals surface area (Å²) < 4.78 is 37.2. The first kappa shape index (κ1) is 15.0. The Bertz CT molecular complexity index is 450. The molecule has 0 spiro atoms. The number of hydrogen-bond acceptors (Lipinski definition) is 3.